The number of nitro benzene ring substituents is 1. The summed E-state index contributed by atoms with van der Waals surface area (Å²) in [6.45, 7) is 1.73. The predicted molar refractivity (Wildman–Crippen MR) is 93.4 cm³/mol. The zero-order valence-electron chi connectivity index (χ0n) is 13.9. The third-order valence-electron chi connectivity index (χ3n) is 4.01. The molecule has 0 aliphatic rings. The zero-order chi connectivity index (χ0) is 19.5. The maximum absolute atomic E-state index is 13.0. The normalized spacial score (nSPS) is 11.9. The molecule has 0 aromatic heterocycles. The Morgan fingerprint density at radius 2 is 1.92 bits per heavy atom. The van der Waals surface area contributed by atoms with Crippen molar-refractivity contribution < 1.29 is 23.2 Å². The Labute approximate surface area is 147 Å². The lowest BCUT2D eigenvalue weighted by Crippen LogP contribution is -2.09. The molecule has 2 aromatic carbocycles. The van der Waals surface area contributed by atoms with Crippen molar-refractivity contribution in [3.63, 3.8) is 0 Å². The second kappa shape index (κ2) is 7.57. The first-order chi connectivity index (χ1) is 12.1. The summed E-state index contributed by atoms with van der Waals surface area (Å²) in [6, 6.07) is 6.34. The minimum absolute atomic E-state index is 0.0398. The van der Waals surface area contributed by atoms with E-state index < -0.39 is 22.4 Å². The molecule has 0 unspecified atom stereocenters. The zero-order valence-corrected chi connectivity index (χ0v) is 13.9. The van der Waals surface area contributed by atoms with Crippen LogP contribution in [0.4, 0.5) is 24.5 Å². The SMILES string of the molecule is Cc1c(C=Cc2ccc([N+](=O)[O-])c(C(F)(F)F)c2)ccc(CCO)c1N. The van der Waals surface area contributed by atoms with Gasteiger partial charge >= 0.3 is 6.18 Å². The van der Waals surface area contributed by atoms with Gasteiger partial charge in [-0.3, -0.25) is 10.1 Å². The number of aliphatic hydroxyl groups excluding tert-OH is 1. The maximum atomic E-state index is 13.0. The minimum Gasteiger partial charge on any atom is -0.398 e. The molecule has 0 aliphatic heterocycles. The Hall–Kier alpha value is -2.87. The Balaban J connectivity index is 2.40. The highest BCUT2D eigenvalue weighted by molar-refractivity contribution is 5.75. The average molecular weight is 366 g/mol. The fraction of sp³-hybridized carbons (Fsp3) is 0.222. The number of rotatable bonds is 5. The van der Waals surface area contributed by atoms with Gasteiger partial charge in [0.05, 0.1) is 4.92 Å². The molecule has 3 N–H and O–H groups in total. The van der Waals surface area contributed by atoms with Crippen LogP contribution >= 0.6 is 0 Å². The Kier molecular flexibility index (Phi) is 5.66. The first-order valence-electron chi connectivity index (χ1n) is 7.67. The molecule has 0 aliphatic carbocycles. The van der Waals surface area contributed by atoms with Gasteiger partial charge in [-0.2, -0.15) is 13.2 Å². The summed E-state index contributed by atoms with van der Waals surface area (Å²) in [5.41, 5.74) is 6.66. The largest absolute Gasteiger partial charge is 0.423 e. The van der Waals surface area contributed by atoms with Gasteiger partial charge in [0, 0.05) is 18.4 Å². The summed E-state index contributed by atoms with van der Waals surface area (Å²) < 4.78 is 39.1. The molecule has 0 atom stereocenters. The summed E-state index contributed by atoms with van der Waals surface area (Å²) >= 11 is 0. The Morgan fingerprint density at radius 1 is 1.23 bits per heavy atom. The lowest BCUT2D eigenvalue weighted by molar-refractivity contribution is -0.388. The number of hydrogen-bond donors (Lipinski definition) is 2. The van der Waals surface area contributed by atoms with Crippen LogP contribution in [0.15, 0.2) is 30.3 Å². The standard InChI is InChI=1S/C18H17F3N2O3/c1-11-13(5-6-14(8-9-24)17(11)22)4-2-12-3-7-16(23(25)26)15(10-12)18(19,20)21/h2-7,10,24H,8-9,22H2,1H3. The first-order valence-corrected chi connectivity index (χ1v) is 7.67. The molecule has 2 aromatic rings. The van der Waals surface area contributed by atoms with E-state index in [4.69, 9.17) is 10.8 Å². The second-order valence-corrected chi connectivity index (χ2v) is 5.69. The van der Waals surface area contributed by atoms with E-state index in [1.54, 1.807) is 25.1 Å². The van der Waals surface area contributed by atoms with Crippen LogP contribution in [0, 0.1) is 17.0 Å². The molecule has 5 nitrogen and oxygen atoms in total. The molecule has 8 heteroatoms. The number of halogens is 3. The van der Waals surface area contributed by atoms with Crippen molar-refractivity contribution in [2.45, 2.75) is 19.5 Å². The maximum Gasteiger partial charge on any atom is 0.423 e. The van der Waals surface area contributed by atoms with E-state index in [1.165, 1.54) is 12.1 Å². The van der Waals surface area contributed by atoms with Crippen LogP contribution in [-0.4, -0.2) is 16.6 Å². The number of nitrogen functional groups attached to an aromatic ring is 1. The van der Waals surface area contributed by atoms with Crippen molar-refractivity contribution in [2.24, 2.45) is 0 Å². The molecule has 2 rings (SSSR count). The molecular weight excluding hydrogens is 349 g/mol. The van der Waals surface area contributed by atoms with Crippen LogP contribution in [0.1, 0.15) is 27.8 Å². The fourth-order valence-electron chi connectivity index (χ4n) is 2.55. The third-order valence-corrected chi connectivity index (χ3v) is 4.01. The lowest BCUT2D eigenvalue weighted by atomic mass is 9.99. The van der Waals surface area contributed by atoms with Crippen molar-refractivity contribution in [1.29, 1.82) is 0 Å². The minimum atomic E-state index is -4.82. The van der Waals surface area contributed by atoms with Crippen LogP contribution in [0.2, 0.25) is 0 Å². The van der Waals surface area contributed by atoms with Crippen LogP contribution in [0.5, 0.6) is 0 Å². The van der Waals surface area contributed by atoms with Gasteiger partial charge in [0.25, 0.3) is 5.69 Å². The molecule has 0 amide bonds. The molecule has 0 saturated carbocycles. The third kappa shape index (κ3) is 4.20. The van der Waals surface area contributed by atoms with Crippen molar-refractivity contribution in [1.82, 2.24) is 0 Å². The lowest BCUT2D eigenvalue weighted by Gasteiger charge is -2.10. The number of nitrogens with zero attached hydrogens (tertiary/aromatic N) is 1. The van der Waals surface area contributed by atoms with Gasteiger partial charge in [-0.1, -0.05) is 24.3 Å². The van der Waals surface area contributed by atoms with Gasteiger partial charge in [-0.05, 0) is 47.7 Å². The van der Waals surface area contributed by atoms with E-state index in [-0.39, 0.29) is 12.2 Å². The van der Waals surface area contributed by atoms with E-state index in [0.29, 0.717) is 17.7 Å². The molecule has 0 heterocycles. The van der Waals surface area contributed by atoms with E-state index in [0.717, 1.165) is 23.3 Å². The highest BCUT2D eigenvalue weighted by Crippen LogP contribution is 2.37. The van der Waals surface area contributed by atoms with Crippen LogP contribution in [-0.2, 0) is 12.6 Å². The van der Waals surface area contributed by atoms with Crippen LogP contribution in [0.3, 0.4) is 0 Å². The first kappa shape index (κ1) is 19.5. The summed E-state index contributed by atoms with van der Waals surface area (Å²) in [6.07, 6.45) is -1.38. The fourth-order valence-corrected chi connectivity index (χ4v) is 2.55. The van der Waals surface area contributed by atoms with Crippen molar-refractivity contribution in [2.75, 3.05) is 12.3 Å². The number of anilines is 1. The van der Waals surface area contributed by atoms with Gasteiger partial charge < -0.3 is 10.8 Å². The summed E-state index contributed by atoms with van der Waals surface area (Å²) in [5, 5.41) is 19.8. The van der Waals surface area contributed by atoms with Crippen LogP contribution in [0.25, 0.3) is 12.2 Å². The van der Waals surface area contributed by atoms with Gasteiger partial charge in [-0.15, -0.1) is 0 Å². The van der Waals surface area contributed by atoms with E-state index in [1.807, 2.05) is 0 Å². The smallest absolute Gasteiger partial charge is 0.398 e. The molecule has 0 saturated heterocycles. The van der Waals surface area contributed by atoms with Crippen LogP contribution < -0.4 is 5.73 Å². The number of hydrogen-bond acceptors (Lipinski definition) is 4. The van der Waals surface area contributed by atoms with Gasteiger partial charge in [-0.25, -0.2) is 0 Å². The topological polar surface area (TPSA) is 89.4 Å². The van der Waals surface area contributed by atoms with E-state index in [9.17, 15) is 23.3 Å². The monoisotopic (exact) mass is 366 g/mol. The molecule has 0 fully saturated rings. The molecule has 138 valence electrons. The number of nitro groups is 1. The van der Waals surface area contributed by atoms with Gasteiger partial charge in [0.2, 0.25) is 0 Å². The molecular formula is C18H17F3N2O3. The molecule has 0 spiro atoms. The Bertz CT molecular complexity index is 861. The number of alkyl halides is 3. The van der Waals surface area contributed by atoms with Gasteiger partial charge in [0.15, 0.2) is 0 Å². The molecule has 0 radical (unpaired) electrons. The second-order valence-electron chi connectivity index (χ2n) is 5.69. The van der Waals surface area contributed by atoms with Crippen molar-refractivity contribution in [3.8, 4) is 0 Å². The number of aliphatic hydroxyl groups is 1. The number of benzene rings is 2. The predicted octanol–water partition coefficient (Wildman–Crippen LogP) is 4.21. The quantitative estimate of drug-likeness (QED) is 0.359. The average Bonchev–Trinajstić information content (AvgIpc) is 2.57. The Morgan fingerprint density at radius 3 is 2.50 bits per heavy atom. The van der Waals surface area contributed by atoms with Crippen molar-refractivity contribution >= 4 is 23.5 Å². The summed E-state index contributed by atoms with van der Waals surface area (Å²) in [7, 11) is 0. The van der Waals surface area contributed by atoms with E-state index >= 15 is 0 Å². The van der Waals surface area contributed by atoms with E-state index in [2.05, 4.69) is 0 Å². The molecule has 0 bridgehead atoms. The number of nitrogens with two attached hydrogens (primary N) is 1. The van der Waals surface area contributed by atoms with Gasteiger partial charge in [0.1, 0.15) is 5.56 Å². The molecule has 26 heavy (non-hydrogen) atoms. The van der Waals surface area contributed by atoms with Crippen molar-refractivity contribution in [3.05, 3.63) is 68.3 Å². The highest BCUT2D eigenvalue weighted by Gasteiger charge is 2.38. The summed E-state index contributed by atoms with van der Waals surface area (Å²) in [4.78, 5) is 9.73. The highest BCUT2D eigenvalue weighted by atomic mass is 19.4. The summed E-state index contributed by atoms with van der Waals surface area (Å²) in [5.74, 6) is 0.